The Balaban J connectivity index is 1.95. The van der Waals surface area contributed by atoms with Crippen molar-refractivity contribution in [1.29, 1.82) is 0 Å². The second kappa shape index (κ2) is 5.74. The molecule has 0 atom stereocenters. The molecule has 0 aromatic carbocycles. The molecule has 0 saturated heterocycles. The molecule has 106 valence electrons. The summed E-state index contributed by atoms with van der Waals surface area (Å²) in [4.78, 5) is 10.7. The lowest BCUT2D eigenvalue weighted by molar-refractivity contribution is 0.0738. The summed E-state index contributed by atoms with van der Waals surface area (Å²) in [5.74, 6) is 1.46. The quantitative estimate of drug-likeness (QED) is 0.853. The van der Waals surface area contributed by atoms with Crippen LogP contribution in [0.3, 0.4) is 0 Å². The maximum atomic E-state index is 5.57. The summed E-state index contributed by atoms with van der Waals surface area (Å²) < 4.78 is 5.57. The maximum Gasteiger partial charge on any atom is 0.218 e. The average Bonchev–Trinajstić information content (AvgIpc) is 2.26. The van der Waals surface area contributed by atoms with E-state index in [1.165, 1.54) is 19.3 Å². The second-order valence-electron chi connectivity index (χ2n) is 5.73. The minimum absolute atomic E-state index is 0.127. The van der Waals surface area contributed by atoms with Crippen molar-refractivity contribution >= 4 is 5.82 Å². The van der Waals surface area contributed by atoms with Crippen molar-refractivity contribution in [2.24, 2.45) is 0 Å². The van der Waals surface area contributed by atoms with Crippen molar-refractivity contribution in [3.05, 3.63) is 12.4 Å². The first-order chi connectivity index (χ1) is 9.02. The standard InChI is InChI=1S/C14H24N4O/c1-11(2)19-13-8-12(16-10-17-13)15-9-14(18(3)4)6-5-7-14/h8,10-11H,5-7,9H2,1-4H3,(H,15,16,17). The van der Waals surface area contributed by atoms with Gasteiger partial charge >= 0.3 is 0 Å². The van der Waals surface area contributed by atoms with Gasteiger partial charge in [0.25, 0.3) is 0 Å². The van der Waals surface area contributed by atoms with Crippen LogP contribution in [0.25, 0.3) is 0 Å². The molecule has 1 aliphatic rings. The number of hydrogen-bond donors (Lipinski definition) is 1. The van der Waals surface area contributed by atoms with Gasteiger partial charge in [-0.1, -0.05) is 0 Å². The maximum absolute atomic E-state index is 5.57. The number of hydrogen-bond acceptors (Lipinski definition) is 5. The van der Waals surface area contributed by atoms with E-state index in [0.29, 0.717) is 5.88 Å². The van der Waals surface area contributed by atoms with Gasteiger partial charge in [0, 0.05) is 18.2 Å². The molecule has 1 aromatic heterocycles. The number of anilines is 1. The van der Waals surface area contributed by atoms with Gasteiger partial charge in [-0.05, 0) is 47.2 Å². The molecule has 19 heavy (non-hydrogen) atoms. The van der Waals surface area contributed by atoms with Crippen molar-refractivity contribution in [2.75, 3.05) is 26.0 Å². The Labute approximate surface area is 115 Å². The van der Waals surface area contributed by atoms with Crippen LogP contribution in [-0.4, -0.2) is 47.2 Å². The van der Waals surface area contributed by atoms with Crippen LogP contribution in [0.15, 0.2) is 12.4 Å². The predicted molar refractivity (Wildman–Crippen MR) is 76.6 cm³/mol. The van der Waals surface area contributed by atoms with Crippen molar-refractivity contribution in [3.63, 3.8) is 0 Å². The Kier molecular flexibility index (Phi) is 4.24. The SMILES string of the molecule is CC(C)Oc1cc(NCC2(N(C)C)CCC2)ncn1. The highest BCUT2D eigenvalue weighted by Gasteiger charge is 2.38. The van der Waals surface area contributed by atoms with Crippen LogP contribution >= 0.6 is 0 Å². The molecule has 5 heteroatoms. The van der Waals surface area contributed by atoms with E-state index in [1.807, 2.05) is 19.9 Å². The molecule has 1 saturated carbocycles. The zero-order valence-corrected chi connectivity index (χ0v) is 12.3. The first kappa shape index (κ1) is 14.1. The molecule has 0 aliphatic heterocycles. The Morgan fingerprint density at radius 2 is 2.11 bits per heavy atom. The summed E-state index contributed by atoms with van der Waals surface area (Å²) in [6.07, 6.45) is 5.47. The molecule has 2 rings (SSSR count). The van der Waals surface area contributed by atoms with E-state index in [2.05, 4.69) is 34.3 Å². The summed E-state index contributed by atoms with van der Waals surface area (Å²) in [6.45, 7) is 4.90. The third-order valence-corrected chi connectivity index (χ3v) is 3.83. The molecule has 1 aliphatic carbocycles. The zero-order chi connectivity index (χ0) is 13.9. The van der Waals surface area contributed by atoms with Crippen molar-refractivity contribution in [2.45, 2.75) is 44.8 Å². The van der Waals surface area contributed by atoms with E-state index in [-0.39, 0.29) is 11.6 Å². The van der Waals surface area contributed by atoms with Crippen molar-refractivity contribution in [3.8, 4) is 5.88 Å². The first-order valence-corrected chi connectivity index (χ1v) is 6.92. The Morgan fingerprint density at radius 3 is 2.63 bits per heavy atom. The predicted octanol–water partition coefficient (Wildman–Crippen LogP) is 2.16. The van der Waals surface area contributed by atoms with Gasteiger partial charge in [-0.2, -0.15) is 0 Å². The van der Waals surface area contributed by atoms with Crippen molar-refractivity contribution < 1.29 is 4.74 Å². The van der Waals surface area contributed by atoms with Gasteiger partial charge in [0.1, 0.15) is 12.1 Å². The van der Waals surface area contributed by atoms with Crippen LogP contribution in [0.2, 0.25) is 0 Å². The molecule has 1 fully saturated rings. The first-order valence-electron chi connectivity index (χ1n) is 6.92. The third-order valence-electron chi connectivity index (χ3n) is 3.83. The van der Waals surface area contributed by atoms with Crippen LogP contribution in [0, 0.1) is 0 Å². The van der Waals surface area contributed by atoms with E-state index >= 15 is 0 Å². The molecule has 1 N–H and O–H groups in total. The largest absolute Gasteiger partial charge is 0.475 e. The van der Waals surface area contributed by atoms with Crippen LogP contribution in [0.5, 0.6) is 5.88 Å². The molecule has 1 aromatic rings. The van der Waals surface area contributed by atoms with Crippen LogP contribution in [0.1, 0.15) is 33.1 Å². The average molecular weight is 264 g/mol. The fourth-order valence-corrected chi connectivity index (χ4v) is 2.36. The van der Waals surface area contributed by atoms with Crippen LogP contribution in [-0.2, 0) is 0 Å². The van der Waals surface area contributed by atoms with Crippen LogP contribution < -0.4 is 10.1 Å². The van der Waals surface area contributed by atoms with E-state index in [4.69, 9.17) is 4.74 Å². The number of aromatic nitrogens is 2. The summed E-state index contributed by atoms with van der Waals surface area (Å²) in [6, 6.07) is 1.86. The fourth-order valence-electron chi connectivity index (χ4n) is 2.36. The van der Waals surface area contributed by atoms with Gasteiger partial charge < -0.3 is 15.0 Å². The fraction of sp³-hybridized carbons (Fsp3) is 0.714. The number of ether oxygens (including phenoxy) is 1. The molecule has 1 heterocycles. The number of nitrogens with zero attached hydrogens (tertiary/aromatic N) is 3. The van der Waals surface area contributed by atoms with Crippen LogP contribution in [0.4, 0.5) is 5.82 Å². The Hall–Kier alpha value is -1.36. The third kappa shape index (κ3) is 3.35. The summed E-state index contributed by atoms with van der Waals surface area (Å²) >= 11 is 0. The topological polar surface area (TPSA) is 50.3 Å². The summed E-state index contributed by atoms with van der Waals surface area (Å²) in [5.41, 5.74) is 0.282. The molecular formula is C14H24N4O. The van der Waals surface area contributed by atoms with Gasteiger partial charge in [-0.25, -0.2) is 9.97 Å². The smallest absolute Gasteiger partial charge is 0.218 e. The lowest BCUT2D eigenvalue weighted by Crippen LogP contribution is -2.54. The lowest BCUT2D eigenvalue weighted by atomic mass is 9.75. The highest BCUT2D eigenvalue weighted by Crippen LogP contribution is 2.36. The van der Waals surface area contributed by atoms with E-state index in [0.717, 1.165) is 12.4 Å². The normalized spacial score (nSPS) is 17.4. The number of nitrogens with one attached hydrogen (secondary N) is 1. The molecule has 0 radical (unpaired) electrons. The molecule has 0 spiro atoms. The van der Waals surface area contributed by atoms with Gasteiger partial charge in [0.05, 0.1) is 6.10 Å². The monoisotopic (exact) mass is 264 g/mol. The molecule has 0 bridgehead atoms. The Morgan fingerprint density at radius 1 is 1.37 bits per heavy atom. The lowest BCUT2D eigenvalue weighted by Gasteiger charge is -2.47. The number of likely N-dealkylation sites (N-methyl/N-ethyl adjacent to an activating group) is 1. The molecule has 5 nitrogen and oxygen atoms in total. The minimum atomic E-state index is 0.127. The highest BCUT2D eigenvalue weighted by molar-refractivity contribution is 5.38. The van der Waals surface area contributed by atoms with Gasteiger partial charge in [-0.3, -0.25) is 0 Å². The molecular weight excluding hydrogens is 240 g/mol. The molecule has 0 unspecified atom stereocenters. The minimum Gasteiger partial charge on any atom is -0.475 e. The zero-order valence-electron chi connectivity index (χ0n) is 12.3. The Bertz CT molecular complexity index is 416. The van der Waals surface area contributed by atoms with Gasteiger partial charge in [-0.15, -0.1) is 0 Å². The van der Waals surface area contributed by atoms with Gasteiger partial charge in [0.2, 0.25) is 5.88 Å². The van der Waals surface area contributed by atoms with E-state index in [9.17, 15) is 0 Å². The summed E-state index contributed by atoms with van der Waals surface area (Å²) in [7, 11) is 4.29. The highest BCUT2D eigenvalue weighted by atomic mass is 16.5. The second-order valence-corrected chi connectivity index (χ2v) is 5.73. The number of rotatable bonds is 6. The summed E-state index contributed by atoms with van der Waals surface area (Å²) in [5, 5.41) is 3.41. The van der Waals surface area contributed by atoms with Crippen molar-refractivity contribution in [1.82, 2.24) is 14.9 Å². The molecule has 0 amide bonds. The van der Waals surface area contributed by atoms with E-state index in [1.54, 1.807) is 6.33 Å². The van der Waals surface area contributed by atoms with Gasteiger partial charge in [0.15, 0.2) is 0 Å². The van der Waals surface area contributed by atoms with E-state index < -0.39 is 0 Å².